The van der Waals surface area contributed by atoms with Crippen molar-refractivity contribution in [3.8, 4) is 5.75 Å². The van der Waals surface area contributed by atoms with Gasteiger partial charge in [-0.3, -0.25) is 9.69 Å². The van der Waals surface area contributed by atoms with E-state index in [1.807, 2.05) is 0 Å². The molecule has 148 valence electrons. The molecule has 3 unspecified atom stereocenters. The van der Waals surface area contributed by atoms with Gasteiger partial charge in [-0.25, -0.2) is 0 Å². The third-order valence-corrected chi connectivity index (χ3v) is 6.54. The Balaban J connectivity index is 1.83. The summed E-state index contributed by atoms with van der Waals surface area (Å²) in [7, 11) is 3.89. The minimum absolute atomic E-state index is 0.0935. The number of nitrogens with zero attached hydrogens (tertiary/aromatic N) is 1. The molecule has 4 nitrogen and oxygen atoms in total. The topological polar surface area (TPSA) is 38.8 Å². The zero-order valence-corrected chi connectivity index (χ0v) is 17.4. The first-order valence-corrected chi connectivity index (χ1v) is 10.2. The number of rotatable bonds is 6. The van der Waals surface area contributed by atoms with Gasteiger partial charge in [0, 0.05) is 24.3 Å². The molecule has 1 saturated heterocycles. The summed E-state index contributed by atoms with van der Waals surface area (Å²) in [6.45, 7) is 7.36. The molecule has 1 fully saturated rings. The Morgan fingerprint density at radius 2 is 2.15 bits per heavy atom. The van der Waals surface area contributed by atoms with Gasteiger partial charge in [-0.2, -0.15) is 0 Å². The van der Waals surface area contributed by atoms with Gasteiger partial charge in [0.1, 0.15) is 11.5 Å². The molecule has 0 bridgehead atoms. The van der Waals surface area contributed by atoms with Gasteiger partial charge in [0.25, 0.3) is 0 Å². The van der Waals surface area contributed by atoms with Gasteiger partial charge in [-0.1, -0.05) is 32.4 Å². The fraction of sp³-hybridized carbons (Fsp3) is 0.609. The van der Waals surface area contributed by atoms with E-state index in [4.69, 9.17) is 9.47 Å². The van der Waals surface area contributed by atoms with Crippen LogP contribution in [-0.2, 0) is 14.9 Å². The Morgan fingerprint density at radius 3 is 2.81 bits per heavy atom. The van der Waals surface area contributed by atoms with Crippen LogP contribution in [0, 0.1) is 12.8 Å². The van der Waals surface area contributed by atoms with Crippen LogP contribution in [0.1, 0.15) is 57.1 Å². The number of methoxy groups -OCH3 is 1. The van der Waals surface area contributed by atoms with E-state index in [0.29, 0.717) is 12.3 Å². The van der Waals surface area contributed by atoms with Crippen molar-refractivity contribution in [1.29, 1.82) is 0 Å². The molecule has 3 rings (SSSR count). The normalized spacial score (nSPS) is 26.3. The quantitative estimate of drug-likeness (QED) is 0.685. The van der Waals surface area contributed by atoms with Crippen molar-refractivity contribution >= 4 is 5.97 Å². The standard InChI is InChI=1S/C23H33NO3/c1-6-16(2)13-22(25)27-19-9-10-23(11-12-24(4)21(23)15-19)18-7-8-20(26-5)17(3)14-18/h7-8,14-16,21H,6,9-13H2,1-5H3. The summed E-state index contributed by atoms with van der Waals surface area (Å²) in [4.78, 5) is 14.6. The van der Waals surface area contributed by atoms with Gasteiger partial charge >= 0.3 is 5.97 Å². The number of allylic oxidation sites excluding steroid dienone is 1. The number of esters is 1. The largest absolute Gasteiger partial charge is 0.496 e. The zero-order chi connectivity index (χ0) is 19.6. The number of hydrogen-bond donors (Lipinski definition) is 0. The molecule has 0 amide bonds. The lowest BCUT2D eigenvalue weighted by Crippen LogP contribution is -2.42. The molecule has 2 aliphatic rings. The second kappa shape index (κ2) is 8.05. The lowest BCUT2D eigenvalue weighted by atomic mass is 9.68. The van der Waals surface area contributed by atoms with Crippen LogP contribution in [-0.4, -0.2) is 37.6 Å². The van der Waals surface area contributed by atoms with Crippen molar-refractivity contribution in [2.45, 2.75) is 64.3 Å². The molecule has 3 atom stereocenters. The molecule has 27 heavy (non-hydrogen) atoms. The highest BCUT2D eigenvalue weighted by Gasteiger charge is 2.48. The molecule has 0 spiro atoms. The Morgan fingerprint density at radius 1 is 1.37 bits per heavy atom. The number of hydrogen-bond acceptors (Lipinski definition) is 4. The predicted molar refractivity (Wildman–Crippen MR) is 108 cm³/mol. The van der Waals surface area contributed by atoms with Gasteiger partial charge in [0.15, 0.2) is 0 Å². The number of fused-ring (bicyclic) bond motifs is 1. The van der Waals surface area contributed by atoms with Crippen molar-refractivity contribution in [3.63, 3.8) is 0 Å². The van der Waals surface area contributed by atoms with Gasteiger partial charge in [-0.05, 0) is 62.5 Å². The van der Waals surface area contributed by atoms with E-state index in [0.717, 1.165) is 43.7 Å². The Kier molecular flexibility index (Phi) is 5.95. The first-order chi connectivity index (χ1) is 12.9. The zero-order valence-electron chi connectivity index (χ0n) is 17.4. The molecule has 1 aliphatic carbocycles. The average molecular weight is 372 g/mol. The van der Waals surface area contributed by atoms with Gasteiger partial charge in [0.2, 0.25) is 0 Å². The number of carbonyl (C=O) groups is 1. The van der Waals surface area contributed by atoms with Crippen molar-refractivity contribution in [2.24, 2.45) is 5.92 Å². The minimum Gasteiger partial charge on any atom is -0.496 e. The van der Waals surface area contributed by atoms with Gasteiger partial charge in [0.05, 0.1) is 7.11 Å². The van der Waals surface area contributed by atoms with Crippen LogP contribution < -0.4 is 4.74 Å². The summed E-state index contributed by atoms with van der Waals surface area (Å²) in [5.41, 5.74) is 2.64. The van der Waals surface area contributed by atoms with Crippen molar-refractivity contribution in [3.05, 3.63) is 41.2 Å². The molecule has 0 saturated carbocycles. The summed E-state index contributed by atoms with van der Waals surface area (Å²) in [6, 6.07) is 6.84. The van der Waals surface area contributed by atoms with E-state index >= 15 is 0 Å². The maximum Gasteiger partial charge on any atom is 0.311 e. The van der Waals surface area contributed by atoms with Crippen molar-refractivity contribution in [2.75, 3.05) is 20.7 Å². The SMILES string of the molecule is CCC(C)CC(=O)OC1=CC2N(C)CCC2(c2ccc(OC)c(C)c2)CC1. The first-order valence-electron chi connectivity index (χ1n) is 10.2. The minimum atomic E-state index is -0.0935. The Bertz CT molecular complexity index is 726. The highest BCUT2D eigenvalue weighted by atomic mass is 16.5. The van der Waals surface area contributed by atoms with E-state index in [1.54, 1.807) is 7.11 Å². The molecule has 0 N–H and O–H groups in total. The highest BCUT2D eigenvalue weighted by Crippen LogP contribution is 2.48. The lowest BCUT2D eigenvalue weighted by Gasteiger charge is -2.40. The van der Waals surface area contributed by atoms with E-state index in [-0.39, 0.29) is 17.4 Å². The maximum atomic E-state index is 12.2. The second-order valence-corrected chi connectivity index (χ2v) is 8.34. The van der Waals surface area contributed by atoms with Gasteiger partial charge in [-0.15, -0.1) is 0 Å². The maximum absolute atomic E-state index is 12.2. The van der Waals surface area contributed by atoms with E-state index in [2.05, 4.69) is 57.0 Å². The molecular formula is C23H33NO3. The van der Waals surface area contributed by atoms with Crippen LogP contribution in [0.2, 0.25) is 0 Å². The highest BCUT2D eigenvalue weighted by molar-refractivity contribution is 5.71. The molecular weight excluding hydrogens is 338 g/mol. The summed E-state index contributed by atoms with van der Waals surface area (Å²) < 4.78 is 11.2. The molecule has 4 heteroatoms. The number of ether oxygens (including phenoxy) is 2. The molecule has 1 aromatic carbocycles. The Hall–Kier alpha value is -1.81. The van der Waals surface area contributed by atoms with E-state index in [1.165, 1.54) is 11.1 Å². The second-order valence-electron chi connectivity index (χ2n) is 8.34. The predicted octanol–water partition coefficient (Wildman–Crippen LogP) is 4.60. The number of likely N-dealkylation sites (N-methyl/N-ethyl adjacent to an activating group) is 1. The number of benzene rings is 1. The Labute approximate surface area is 163 Å². The molecule has 1 aliphatic heterocycles. The van der Waals surface area contributed by atoms with Crippen LogP contribution in [0.25, 0.3) is 0 Å². The van der Waals surface area contributed by atoms with Gasteiger partial charge < -0.3 is 9.47 Å². The van der Waals surface area contributed by atoms with Crippen LogP contribution >= 0.6 is 0 Å². The van der Waals surface area contributed by atoms with E-state index < -0.39 is 0 Å². The summed E-state index contributed by atoms with van der Waals surface area (Å²) in [6.07, 6.45) is 6.66. The molecule has 0 radical (unpaired) electrons. The molecule has 1 aromatic rings. The summed E-state index contributed by atoms with van der Waals surface area (Å²) in [5, 5.41) is 0. The molecule has 0 aromatic heterocycles. The van der Waals surface area contributed by atoms with Crippen molar-refractivity contribution < 1.29 is 14.3 Å². The van der Waals surface area contributed by atoms with Crippen LogP contribution in [0.3, 0.4) is 0 Å². The lowest BCUT2D eigenvalue weighted by molar-refractivity contribution is -0.141. The number of likely N-dealkylation sites (tertiary alicyclic amines) is 1. The average Bonchev–Trinajstić information content (AvgIpc) is 2.99. The smallest absolute Gasteiger partial charge is 0.311 e. The van der Waals surface area contributed by atoms with Crippen molar-refractivity contribution in [1.82, 2.24) is 4.90 Å². The molecule has 1 heterocycles. The first kappa shape index (κ1) is 19.9. The van der Waals surface area contributed by atoms with Crippen LogP contribution in [0.5, 0.6) is 5.75 Å². The van der Waals surface area contributed by atoms with Crippen LogP contribution in [0.4, 0.5) is 0 Å². The fourth-order valence-electron chi connectivity index (χ4n) is 4.60. The summed E-state index contributed by atoms with van der Waals surface area (Å²) in [5.74, 6) is 2.06. The van der Waals surface area contributed by atoms with Crippen LogP contribution in [0.15, 0.2) is 30.0 Å². The monoisotopic (exact) mass is 371 g/mol. The third-order valence-electron chi connectivity index (χ3n) is 6.54. The summed E-state index contributed by atoms with van der Waals surface area (Å²) >= 11 is 0. The number of aryl methyl sites for hydroxylation is 1. The van der Waals surface area contributed by atoms with E-state index in [9.17, 15) is 4.79 Å². The fourth-order valence-corrected chi connectivity index (χ4v) is 4.60. The third kappa shape index (κ3) is 3.91. The number of carbonyl (C=O) groups excluding carboxylic acids is 1.